The van der Waals surface area contributed by atoms with Gasteiger partial charge in [-0.15, -0.1) is 0 Å². The van der Waals surface area contributed by atoms with Gasteiger partial charge in [-0.3, -0.25) is 9.59 Å². The first-order chi connectivity index (χ1) is 15.2. The largest absolute Gasteiger partial charge is 0.507 e. The van der Waals surface area contributed by atoms with E-state index in [9.17, 15) is 14.7 Å². The summed E-state index contributed by atoms with van der Waals surface area (Å²) in [5.74, 6) is -1.23. The van der Waals surface area contributed by atoms with E-state index in [0.717, 1.165) is 6.54 Å². The van der Waals surface area contributed by atoms with Crippen molar-refractivity contribution in [1.82, 2.24) is 9.80 Å². The summed E-state index contributed by atoms with van der Waals surface area (Å²) in [4.78, 5) is 29.5. The molecule has 0 bridgehead atoms. The van der Waals surface area contributed by atoms with Crippen LogP contribution in [0.3, 0.4) is 0 Å². The minimum absolute atomic E-state index is 0.0342. The molecule has 1 atom stereocenters. The Morgan fingerprint density at radius 1 is 1.12 bits per heavy atom. The van der Waals surface area contributed by atoms with E-state index in [-0.39, 0.29) is 11.3 Å². The Morgan fingerprint density at radius 2 is 1.81 bits per heavy atom. The maximum atomic E-state index is 13.1. The van der Waals surface area contributed by atoms with Gasteiger partial charge in [-0.25, -0.2) is 0 Å². The molecule has 1 N–H and O–H groups in total. The third kappa shape index (κ3) is 5.09. The zero-order valence-corrected chi connectivity index (χ0v) is 19.8. The Balaban J connectivity index is 2.10. The zero-order valence-electron chi connectivity index (χ0n) is 18.3. The lowest BCUT2D eigenvalue weighted by Gasteiger charge is -2.26. The van der Waals surface area contributed by atoms with Crippen molar-refractivity contribution in [2.75, 3.05) is 33.8 Å². The molecule has 1 aliphatic heterocycles. The minimum atomic E-state index is -0.722. The number of benzene rings is 2. The molecule has 0 saturated carbocycles. The summed E-state index contributed by atoms with van der Waals surface area (Å²) in [6, 6.07) is 11.0. The molecule has 6 nitrogen and oxygen atoms in total. The summed E-state index contributed by atoms with van der Waals surface area (Å²) in [5, 5.41) is 12.1. The molecule has 1 heterocycles. The van der Waals surface area contributed by atoms with E-state index in [1.807, 2.05) is 25.9 Å². The van der Waals surface area contributed by atoms with Crippen LogP contribution in [0, 0.1) is 0 Å². The van der Waals surface area contributed by atoms with Crippen molar-refractivity contribution >= 4 is 40.7 Å². The molecule has 1 saturated heterocycles. The standard InChI is InChI=1S/C24H26Cl2N2O4/c1-4-32-19-14-16(8-11-18(19)26)22(29)20-21(15-6-9-17(25)10-7-15)28(24(31)23(20)30)13-5-12-27(2)3/h6-11,14,21,29H,4-5,12-13H2,1-3H3/b22-20-. The van der Waals surface area contributed by atoms with Gasteiger partial charge < -0.3 is 19.6 Å². The molecule has 8 heteroatoms. The van der Waals surface area contributed by atoms with E-state index in [0.29, 0.717) is 46.5 Å². The smallest absolute Gasteiger partial charge is 0.295 e. The number of ketones is 1. The predicted molar refractivity (Wildman–Crippen MR) is 126 cm³/mol. The number of halogens is 2. The van der Waals surface area contributed by atoms with Crippen LogP contribution in [0.25, 0.3) is 5.76 Å². The Labute approximate surface area is 198 Å². The van der Waals surface area contributed by atoms with Gasteiger partial charge >= 0.3 is 0 Å². The van der Waals surface area contributed by atoms with Crippen LogP contribution < -0.4 is 4.74 Å². The summed E-state index contributed by atoms with van der Waals surface area (Å²) in [6.07, 6.45) is 0.680. The Hall–Kier alpha value is -2.54. The molecular weight excluding hydrogens is 451 g/mol. The highest BCUT2D eigenvalue weighted by molar-refractivity contribution is 6.46. The molecule has 0 spiro atoms. The van der Waals surface area contributed by atoms with E-state index >= 15 is 0 Å². The molecule has 1 amide bonds. The number of rotatable bonds is 8. The summed E-state index contributed by atoms with van der Waals surface area (Å²) in [7, 11) is 3.89. The monoisotopic (exact) mass is 476 g/mol. The van der Waals surface area contributed by atoms with Gasteiger partial charge in [-0.1, -0.05) is 35.3 Å². The van der Waals surface area contributed by atoms with Crippen LogP contribution in [0.15, 0.2) is 48.0 Å². The van der Waals surface area contributed by atoms with Crippen LogP contribution in [0.2, 0.25) is 10.0 Å². The third-order valence-electron chi connectivity index (χ3n) is 5.23. The highest BCUT2D eigenvalue weighted by Gasteiger charge is 2.45. The second kappa shape index (κ2) is 10.4. The van der Waals surface area contributed by atoms with Crippen LogP contribution in [0.5, 0.6) is 5.75 Å². The van der Waals surface area contributed by atoms with Gasteiger partial charge in [0.05, 0.1) is 23.2 Å². The van der Waals surface area contributed by atoms with Crippen molar-refractivity contribution in [3.63, 3.8) is 0 Å². The van der Waals surface area contributed by atoms with E-state index in [1.54, 1.807) is 42.5 Å². The van der Waals surface area contributed by atoms with Crippen molar-refractivity contribution in [3.05, 3.63) is 69.2 Å². The number of aliphatic hydroxyl groups excluding tert-OH is 1. The molecule has 1 unspecified atom stereocenters. The first kappa shape index (κ1) is 24.1. The van der Waals surface area contributed by atoms with Crippen molar-refractivity contribution in [3.8, 4) is 5.75 Å². The van der Waals surface area contributed by atoms with E-state index in [1.165, 1.54) is 4.90 Å². The van der Waals surface area contributed by atoms with Gasteiger partial charge in [0.2, 0.25) is 0 Å². The Kier molecular flexibility index (Phi) is 7.82. The quantitative estimate of drug-likeness (QED) is 0.337. The van der Waals surface area contributed by atoms with Crippen LogP contribution in [0.1, 0.15) is 30.5 Å². The number of nitrogens with zero attached hydrogens (tertiary/aromatic N) is 2. The first-order valence-electron chi connectivity index (χ1n) is 10.4. The second-order valence-corrected chi connectivity index (χ2v) is 8.62. The number of amides is 1. The van der Waals surface area contributed by atoms with E-state index < -0.39 is 17.7 Å². The zero-order chi connectivity index (χ0) is 23.4. The molecule has 32 heavy (non-hydrogen) atoms. The van der Waals surface area contributed by atoms with Gasteiger partial charge in [0.25, 0.3) is 11.7 Å². The third-order valence-corrected chi connectivity index (χ3v) is 5.80. The lowest BCUT2D eigenvalue weighted by Crippen LogP contribution is -2.32. The summed E-state index contributed by atoms with van der Waals surface area (Å²) < 4.78 is 5.51. The second-order valence-electron chi connectivity index (χ2n) is 7.78. The highest BCUT2D eigenvalue weighted by atomic mass is 35.5. The van der Waals surface area contributed by atoms with Gasteiger partial charge in [0.15, 0.2) is 0 Å². The van der Waals surface area contributed by atoms with Gasteiger partial charge in [-0.2, -0.15) is 0 Å². The van der Waals surface area contributed by atoms with Crippen LogP contribution in [-0.2, 0) is 9.59 Å². The fourth-order valence-electron chi connectivity index (χ4n) is 3.73. The minimum Gasteiger partial charge on any atom is -0.507 e. The molecule has 2 aromatic rings. The molecule has 1 aliphatic rings. The van der Waals surface area contributed by atoms with Crippen molar-refractivity contribution in [1.29, 1.82) is 0 Å². The number of carbonyl (C=O) groups excluding carboxylic acids is 2. The average molecular weight is 477 g/mol. The SMILES string of the molecule is CCOc1cc(/C(O)=C2/C(=O)C(=O)N(CCCN(C)C)C2c2ccc(Cl)cc2)ccc1Cl. The van der Waals surface area contributed by atoms with Gasteiger partial charge in [-0.05, 0) is 69.9 Å². The van der Waals surface area contributed by atoms with Crippen LogP contribution in [0.4, 0.5) is 0 Å². The van der Waals surface area contributed by atoms with E-state index in [2.05, 4.69) is 0 Å². The molecule has 0 aliphatic carbocycles. The average Bonchev–Trinajstić information content (AvgIpc) is 3.00. The number of hydrogen-bond donors (Lipinski definition) is 1. The maximum absolute atomic E-state index is 13.1. The van der Waals surface area contributed by atoms with Crippen LogP contribution >= 0.6 is 23.2 Å². The van der Waals surface area contributed by atoms with E-state index in [4.69, 9.17) is 27.9 Å². The van der Waals surface area contributed by atoms with Crippen molar-refractivity contribution < 1.29 is 19.4 Å². The Morgan fingerprint density at radius 3 is 2.44 bits per heavy atom. The molecule has 3 rings (SSSR count). The molecule has 1 fully saturated rings. The number of ether oxygens (including phenoxy) is 1. The highest BCUT2D eigenvalue weighted by Crippen LogP contribution is 2.40. The molecule has 2 aromatic carbocycles. The number of likely N-dealkylation sites (tertiary alicyclic amines) is 1. The number of Topliss-reactive ketones (excluding diaryl/α,β-unsaturated/α-hetero) is 1. The summed E-state index contributed by atoms with van der Waals surface area (Å²) in [6.45, 7) is 3.34. The number of hydrogen-bond acceptors (Lipinski definition) is 5. The normalized spacial score (nSPS) is 17.9. The van der Waals surface area contributed by atoms with Gasteiger partial charge in [0, 0.05) is 17.1 Å². The van der Waals surface area contributed by atoms with Crippen molar-refractivity contribution in [2.45, 2.75) is 19.4 Å². The van der Waals surface area contributed by atoms with Crippen molar-refractivity contribution in [2.24, 2.45) is 0 Å². The number of aliphatic hydroxyl groups is 1. The molecule has 0 radical (unpaired) electrons. The van der Waals surface area contributed by atoms with Crippen LogP contribution in [-0.4, -0.2) is 60.4 Å². The summed E-state index contributed by atoms with van der Waals surface area (Å²) in [5.41, 5.74) is 1.08. The van der Waals surface area contributed by atoms with Gasteiger partial charge in [0.1, 0.15) is 11.5 Å². The first-order valence-corrected chi connectivity index (χ1v) is 11.1. The lowest BCUT2D eigenvalue weighted by atomic mass is 9.95. The Bertz CT molecular complexity index is 1030. The fraction of sp³-hybridized carbons (Fsp3) is 0.333. The fourth-order valence-corrected chi connectivity index (χ4v) is 4.03. The molecular formula is C24H26Cl2N2O4. The maximum Gasteiger partial charge on any atom is 0.295 e. The summed E-state index contributed by atoms with van der Waals surface area (Å²) >= 11 is 12.2. The topological polar surface area (TPSA) is 70.1 Å². The number of carbonyl (C=O) groups is 2. The lowest BCUT2D eigenvalue weighted by molar-refractivity contribution is -0.139. The molecule has 170 valence electrons. The predicted octanol–water partition coefficient (Wildman–Crippen LogP) is 4.77. The molecule has 0 aromatic heterocycles.